The maximum atomic E-state index is 5.37. The summed E-state index contributed by atoms with van der Waals surface area (Å²) in [4.78, 5) is 0. The van der Waals surface area contributed by atoms with Crippen molar-refractivity contribution in [2.75, 3.05) is 7.11 Å². The highest BCUT2D eigenvalue weighted by Gasteiger charge is 2.04. The molecule has 0 atom stereocenters. The summed E-state index contributed by atoms with van der Waals surface area (Å²) in [6, 6.07) is 6.28. The van der Waals surface area contributed by atoms with Crippen LogP contribution in [0, 0.1) is 13.8 Å². The number of hydrogen-bond donors (Lipinski definition) is 1. The molecule has 1 N–H and O–H groups in total. The van der Waals surface area contributed by atoms with Crippen LogP contribution >= 0.6 is 11.3 Å². The second-order valence-electron chi connectivity index (χ2n) is 4.50. The number of benzene rings is 1. The Morgan fingerprint density at radius 1 is 1.11 bits per heavy atom. The van der Waals surface area contributed by atoms with Gasteiger partial charge in [-0.15, -0.1) is 0 Å². The van der Waals surface area contributed by atoms with Crippen LogP contribution in [0.1, 0.15) is 22.3 Å². The Labute approximate surface area is 113 Å². The van der Waals surface area contributed by atoms with Crippen LogP contribution in [0.15, 0.2) is 29.0 Å². The first-order chi connectivity index (χ1) is 8.70. The minimum absolute atomic E-state index is 0.833. The van der Waals surface area contributed by atoms with Crippen LogP contribution in [0.4, 0.5) is 0 Å². The third kappa shape index (κ3) is 3.12. The molecule has 0 fully saturated rings. The lowest BCUT2D eigenvalue weighted by atomic mass is 10.1. The zero-order valence-corrected chi connectivity index (χ0v) is 11.9. The summed E-state index contributed by atoms with van der Waals surface area (Å²) in [6.45, 7) is 6.00. The molecular weight excluding hydrogens is 242 g/mol. The number of thiophene rings is 1. The Hall–Kier alpha value is -1.32. The van der Waals surface area contributed by atoms with Crippen molar-refractivity contribution in [1.29, 1.82) is 0 Å². The van der Waals surface area contributed by atoms with Gasteiger partial charge in [-0.25, -0.2) is 0 Å². The molecule has 18 heavy (non-hydrogen) atoms. The maximum absolute atomic E-state index is 5.37. The van der Waals surface area contributed by atoms with E-state index in [2.05, 4.69) is 42.1 Å². The lowest BCUT2D eigenvalue weighted by Crippen LogP contribution is -2.13. The minimum Gasteiger partial charge on any atom is -0.496 e. The SMILES string of the molecule is COc1ccc(C)cc1CNCc1cscc1C. The molecule has 96 valence electrons. The van der Waals surface area contributed by atoms with Gasteiger partial charge in [0, 0.05) is 18.7 Å². The van der Waals surface area contributed by atoms with E-state index in [1.54, 1.807) is 18.4 Å². The average molecular weight is 261 g/mol. The van der Waals surface area contributed by atoms with Gasteiger partial charge < -0.3 is 10.1 Å². The summed E-state index contributed by atoms with van der Waals surface area (Å²) in [6.07, 6.45) is 0. The van der Waals surface area contributed by atoms with Crippen LogP contribution in [-0.2, 0) is 13.1 Å². The van der Waals surface area contributed by atoms with E-state index in [1.807, 2.05) is 6.07 Å². The van der Waals surface area contributed by atoms with Gasteiger partial charge in [-0.1, -0.05) is 17.7 Å². The molecule has 0 amide bonds. The second kappa shape index (κ2) is 6.03. The second-order valence-corrected chi connectivity index (χ2v) is 5.24. The molecule has 1 aromatic heterocycles. The quantitative estimate of drug-likeness (QED) is 0.887. The lowest BCUT2D eigenvalue weighted by molar-refractivity contribution is 0.407. The first-order valence-corrected chi connectivity index (χ1v) is 7.01. The molecule has 3 heteroatoms. The van der Waals surface area contributed by atoms with Gasteiger partial charge in [-0.3, -0.25) is 0 Å². The Balaban J connectivity index is 1.98. The van der Waals surface area contributed by atoms with Gasteiger partial charge in [0.05, 0.1) is 7.11 Å². The van der Waals surface area contributed by atoms with E-state index in [9.17, 15) is 0 Å². The number of hydrogen-bond acceptors (Lipinski definition) is 3. The molecule has 0 saturated heterocycles. The van der Waals surface area contributed by atoms with Crippen LogP contribution in [0.3, 0.4) is 0 Å². The summed E-state index contributed by atoms with van der Waals surface area (Å²) in [7, 11) is 1.72. The number of methoxy groups -OCH3 is 1. The van der Waals surface area contributed by atoms with Crippen LogP contribution in [0.5, 0.6) is 5.75 Å². The summed E-state index contributed by atoms with van der Waals surface area (Å²) in [5, 5.41) is 7.86. The molecule has 2 nitrogen and oxygen atoms in total. The summed E-state index contributed by atoms with van der Waals surface area (Å²) >= 11 is 1.76. The third-order valence-electron chi connectivity index (χ3n) is 3.03. The number of aryl methyl sites for hydroxylation is 2. The Morgan fingerprint density at radius 3 is 2.56 bits per heavy atom. The van der Waals surface area contributed by atoms with Gasteiger partial charge in [0.25, 0.3) is 0 Å². The van der Waals surface area contributed by atoms with Gasteiger partial charge in [-0.05, 0) is 41.8 Å². The molecule has 0 unspecified atom stereocenters. The predicted octanol–water partition coefficient (Wildman–Crippen LogP) is 3.66. The first-order valence-electron chi connectivity index (χ1n) is 6.06. The Morgan fingerprint density at radius 2 is 1.89 bits per heavy atom. The smallest absolute Gasteiger partial charge is 0.123 e. The van der Waals surface area contributed by atoms with Crippen molar-refractivity contribution < 1.29 is 4.74 Å². The van der Waals surface area contributed by atoms with E-state index in [4.69, 9.17) is 4.74 Å². The third-order valence-corrected chi connectivity index (χ3v) is 3.94. The molecule has 0 saturated carbocycles. The van der Waals surface area contributed by atoms with Crippen LogP contribution in [0.25, 0.3) is 0 Å². The van der Waals surface area contributed by atoms with E-state index in [1.165, 1.54) is 22.3 Å². The zero-order chi connectivity index (χ0) is 13.0. The fourth-order valence-electron chi connectivity index (χ4n) is 1.95. The van der Waals surface area contributed by atoms with E-state index in [0.29, 0.717) is 0 Å². The normalized spacial score (nSPS) is 10.6. The molecular formula is C15H19NOS. The molecule has 0 spiro atoms. The number of rotatable bonds is 5. The molecule has 0 aliphatic carbocycles. The van der Waals surface area contributed by atoms with E-state index >= 15 is 0 Å². The highest BCUT2D eigenvalue weighted by Crippen LogP contribution is 2.20. The van der Waals surface area contributed by atoms with Crippen molar-refractivity contribution in [2.45, 2.75) is 26.9 Å². The number of nitrogens with one attached hydrogen (secondary N) is 1. The molecule has 2 rings (SSSR count). The molecule has 2 aromatic rings. The standard InChI is InChI=1S/C15H19NOS/c1-11-4-5-15(17-3)13(6-11)7-16-8-14-10-18-9-12(14)2/h4-6,9-10,16H,7-8H2,1-3H3. The fourth-order valence-corrected chi connectivity index (χ4v) is 2.80. The Bertz CT molecular complexity index is 519. The van der Waals surface area contributed by atoms with E-state index in [0.717, 1.165) is 18.8 Å². The van der Waals surface area contributed by atoms with Crippen molar-refractivity contribution >= 4 is 11.3 Å². The first kappa shape index (κ1) is 13.1. The average Bonchev–Trinajstić information content (AvgIpc) is 2.76. The fraction of sp³-hybridized carbons (Fsp3) is 0.333. The highest BCUT2D eigenvalue weighted by molar-refractivity contribution is 7.08. The molecule has 1 aromatic carbocycles. The minimum atomic E-state index is 0.833. The maximum Gasteiger partial charge on any atom is 0.123 e. The van der Waals surface area contributed by atoms with Gasteiger partial charge in [-0.2, -0.15) is 11.3 Å². The number of ether oxygens (including phenoxy) is 1. The van der Waals surface area contributed by atoms with Crippen molar-refractivity contribution in [3.63, 3.8) is 0 Å². The molecule has 0 bridgehead atoms. The summed E-state index contributed by atoms with van der Waals surface area (Å²) in [5.74, 6) is 0.954. The van der Waals surface area contributed by atoms with Crippen molar-refractivity contribution in [3.05, 3.63) is 51.2 Å². The van der Waals surface area contributed by atoms with E-state index in [-0.39, 0.29) is 0 Å². The topological polar surface area (TPSA) is 21.3 Å². The van der Waals surface area contributed by atoms with Crippen LogP contribution in [0.2, 0.25) is 0 Å². The molecule has 0 aliphatic heterocycles. The van der Waals surface area contributed by atoms with Crippen molar-refractivity contribution in [1.82, 2.24) is 5.32 Å². The van der Waals surface area contributed by atoms with Crippen molar-refractivity contribution in [2.24, 2.45) is 0 Å². The lowest BCUT2D eigenvalue weighted by Gasteiger charge is -2.10. The summed E-state index contributed by atoms with van der Waals surface area (Å²) in [5.41, 5.74) is 5.22. The zero-order valence-electron chi connectivity index (χ0n) is 11.1. The largest absolute Gasteiger partial charge is 0.496 e. The van der Waals surface area contributed by atoms with Gasteiger partial charge in [0.1, 0.15) is 5.75 Å². The van der Waals surface area contributed by atoms with Crippen molar-refractivity contribution in [3.8, 4) is 5.75 Å². The predicted molar refractivity (Wildman–Crippen MR) is 77.3 cm³/mol. The van der Waals surface area contributed by atoms with Crippen LogP contribution < -0.4 is 10.1 Å². The van der Waals surface area contributed by atoms with Gasteiger partial charge >= 0.3 is 0 Å². The van der Waals surface area contributed by atoms with E-state index < -0.39 is 0 Å². The van der Waals surface area contributed by atoms with Gasteiger partial charge in [0.15, 0.2) is 0 Å². The molecule has 1 heterocycles. The monoisotopic (exact) mass is 261 g/mol. The van der Waals surface area contributed by atoms with Gasteiger partial charge in [0.2, 0.25) is 0 Å². The molecule has 0 aliphatic rings. The summed E-state index contributed by atoms with van der Waals surface area (Å²) < 4.78 is 5.37. The van der Waals surface area contributed by atoms with Crippen LogP contribution in [-0.4, -0.2) is 7.11 Å². The molecule has 0 radical (unpaired) electrons. The Kier molecular flexibility index (Phi) is 4.39. The highest BCUT2D eigenvalue weighted by atomic mass is 32.1.